The Balaban J connectivity index is 1.94. The molecule has 5 nitrogen and oxygen atoms in total. The molecule has 5 heteroatoms. The van der Waals surface area contributed by atoms with Crippen LogP contribution in [0.4, 0.5) is 0 Å². The molecule has 2 heterocycles. The van der Waals surface area contributed by atoms with E-state index in [4.69, 9.17) is 9.15 Å². The van der Waals surface area contributed by atoms with Crippen molar-refractivity contribution >= 4 is 11.0 Å². The van der Waals surface area contributed by atoms with E-state index >= 15 is 0 Å². The fourth-order valence-corrected chi connectivity index (χ4v) is 2.74. The average Bonchev–Trinajstić information content (AvgIpc) is 3.11. The van der Waals surface area contributed by atoms with Crippen LogP contribution < -0.4 is 10.4 Å². The summed E-state index contributed by atoms with van der Waals surface area (Å²) in [4.78, 5) is 12.5. The summed E-state index contributed by atoms with van der Waals surface area (Å²) in [6.45, 7) is 0. The molecule has 0 saturated carbocycles. The van der Waals surface area contributed by atoms with Crippen LogP contribution in [0, 0.1) is 0 Å². The lowest BCUT2D eigenvalue weighted by Crippen LogP contribution is -2.07. The van der Waals surface area contributed by atoms with Gasteiger partial charge in [-0.25, -0.2) is 9.48 Å². The molecule has 4 aromatic rings. The van der Waals surface area contributed by atoms with Gasteiger partial charge in [0.25, 0.3) is 0 Å². The molecule has 0 fully saturated rings. The molecule has 0 saturated heterocycles. The summed E-state index contributed by atoms with van der Waals surface area (Å²) in [6.07, 6.45) is 1.66. The van der Waals surface area contributed by atoms with Crippen molar-refractivity contribution in [2.24, 2.45) is 0 Å². The van der Waals surface area contributed by atoms with Crippen LogP contribution in [0.5, 0.6) is 5.75 Å². The van der Waals surface area contributed by atoms with Gasteiger partial charge in [-0.05, 0) is 30.3 Å². The molecule has 2 aromatic heterocycles. The van der Waals surface area contributed by atoms with Crippen LogP contribution in [0.1, 0.15) is 0 Å². The van der Waals surface area contributed by atoms with Crippen molar-refractivity contribution < 1.29 is 9.15 Å². The predicted octanol–water partition coefficient (Wildman–Crippen LogP) is 3.65. The lowest BCUT2D eigenvalue weighted by molar-refractivity contribution is 0.407. The van der Waals surface area contributed by atoms with Crippen LogP contribution in [0.15, 0.2) is 76.1 Å². The average molecular weight is 318 g/mol. The molecule has 2 aromatic carbocycles. The van der Waals surface area contributed by atoms with Crippen LogP contribution in [0.25, 0.3) is 27.9 Å². The third-order valence-corrected chi connectivity index (χ3v) is 3.86. The third kappa shape index (κ3) is 2.27. The monoisotopic (exact) mass is 318 g/mol. The van der Waals surface area contributed by atoms with E-state index in [2.05, 4.69) is 5.10 Å². The lowest BCUT2D eigenvalue weighted by Gasteiger charge is -2.08. The van der Waals surface area contributed by atoms with E-state index in [0.29, 0.717) is 22.6 Å². The molecule has 0 spiro atoms. The molecule has 0 amide bonds. The normalized spacial score (nSPS) is 10.9. The van der Waals surface area contributed by atoms with E-state index in [1.54, 1.807) is 36.2 Å². The Kier molecular flexibility index (Phi) is 3.39. The Morgan fingerprint density at radius 1 is 1.04 bits per heavy atom. The molecule has 0 bridgehead atoms. The van der Waals surface area contributed by atoms with Gasteiger partial charge < -0.3 is 9.15 Å². The Morgan fingerprint density at radius 3 is 2.67 bits per heavy atom. The Morgan fingerprint density at radius 2 is 1.88 bits per heavy atom. The maximum Gasteiger partial charge on any atom is 0.345 e. The van der Waals surface area contributed by atoms with Crippen molar-refractivity contribution in [3.63, 3.8) is 0 Å². The number of rotatable bonds is 3. The number of nitrogens with zero attached hydrogens (tertiary/aromatic N) is 2. The Hall–Kier alpha value is -3.34. The van der Waals surface area contributed by atoms with Gasteiger partial charge in [0.05, 0.1) is 30.3 Å². The topological polar surface area (TPSA) is 57.3 Å². The lowest BCUT2D eigenvalue weighted by atomic mass is 10.1. The van der Waals surface area contributed by atoms with Gasteiger partial charge in [0.2, 0.25) is 0 Å². The largest absolute Gasteiger partial charge is 0.493 e. The van der Waals surface area contributed by atoms with Gasteiger partial charge in [-0.3, -0.25) is 0 Å². The molecular weight excluding hydrogens is 304 g/mol. The highest BCUT2D eigenvalue weighted by atomic mass is 16.5. The van der Waals surface area contributed by atoms with Crippen molar-refractivity contribution in [3.8, 4) is 22.7 Å². The van der Waals surface area contributed by atoms with E-state index in [-0.39, 0.29) is 0 Å². The zero-order valence-corrected chi connectivity index (χ0v) is 13.0. The number of fused-ring (bicyclic) bond motifs is 1. The number of para-hydroxylation sites is 2. The van der Waals surface area contributed by atoms with Crippen molar-refractivity contribution in [1.82, 2.24) is 9.78 Å². The SMILES string of the molecule is COc1cccc2cc(-c3ccnn3-c3ccccc3)c(=O)oc12. The zero-order valence-electron chi connectivity index (χ0n) is 13.0. The zero-order chi connectivity index (χ0) is 16.5. The van der Waals surface area contributed by atoms with Gasteiger partial charge in [-0.2, -0.15) is 5.10 Å². The first-order valence-corrected chi connectivity index (χ1v) is 7.48. The smallest absolute Gasteiger partial charge is 0.345 e. The summed E-state index contributed by atoms with van der Waals surface area (Å²) < 4.78 is 12.5. The van der Waals surface area contributed by atoms with Crippen LogP contribution in [-0.4, -0.2) is 16.9 Å². The van der Waals surface area contributed by atoms with E-state index in [1.807, 2.05) is 42.5 Å². The molecule has 0 aliphatic heterocycles. The summed E-state index contributed by atoms with van der Waals surface area (Å²) in [5.41, 5.74) is 2.03. The first-order valence-electron chi connectivity index (χ1n) is 7.48. The van der Waals surface area contributed by atoms with Crippen LogP contribution in [0.2, 0.25) is 0 Å². The van der Waals surface area contributed by atoms with Crippen molar-refractivity contribution in [2.45, 2.75) is 0 Å². The molecule has 0 atom stereocenters. The molecule has 118 valence electrons. The Labute approximate surface area is 137 Å². The van der Waals surface area contributed by atoms with Gasteiger partial charge in [0, 0.05) is 5.39 Å². The number of hydrogen-bond acceptors (Lipinski definition) is 4. The number of hydrogen-bond donors (Lipinski definition) is 0. The van der Waals surface area contributed by atoms with Gasteiger partial charge in [0.15, 0.2) is 11.3 Å². The Bertz CT molecular complexity index is 1060. The second-order valence-electron chi connectivity index (χ2n) is 5.29. The van der Waals surface area contributed by atoms with Gasteiger partial charge in [-0.1, -0.05) is 30.3 Å². The molecular formula is C19H14N2O3. The second-order valence-corrected chi connectivity index (χ2v) is 5.29. The highest BCUT2D eigenvalue weighted by molar-refractivity contribution is 5.85. The highest BCUT2D eigenvalue weighted by Gasteiger charge is 2.15. The summed E-state index contributed by atoms with van der Waals surface area (Å²) in [5.74, 6) is 0.535. The molecule has 0 aliphatic rings. The van der Waals surface area contributed by atoms with Crippen LogP contribution >= 0.6 is 0 Å². The third-order valence-electron chi connectivity index (χ3n) is 3.86. The van der Waals surface area contributed by atoms with E-state index in [0.717, 1.165) is 11.1 Å². The molecule has 0 unspecified atom stereocenters. The number of aromatic nitrogens is 2. The number of benzene rings is 2. The fourth-order valence-electron chi connectivity index (χ4n) is 2.74. The molecule has 24 heavy (non-hydrogen) atoms. The van der Waals surface area contributed by atoms with Gasteiger partial charge >= 0.3 is 5.63 Å². The molecule has 0 radical (unpaired) electrons. The molecule has 4 rings (SSSR count). The van der Waals surface area contributed by atoms with Crippen LogP contribution in [0.3, 0.4) is 0 Å². The summed E-state index contributed by atoms with van der Waals surface area (Å²) in [6, 6.07) is 18.8. The minimum absolute atomic E-state index is 0.426. The predicted molar refractivity (Wildman–Crippen MR) is 91.6 cm³/mol. The maximum atomic E-state index is 12.5. The maximum absolute atomic E-state index is 12.5. The summed E-state index contributed by atoms with van der Waals surface area (Å²) in [7, 11) is 1.55. The number of methoxy groups -OCH3 is 1. The molecule has 0 aliphatic carbocycles. The van der Waals surface area contributed by atoms with Crippen LogP contribution in [-0.2, 0) is 0 Å². The fraction of sp³-hybridized carbons (Fsp3) is 0.0526. The van der Waals surface area contributed by atoms with Gasteiger partial charge in [-0.15, -0.1) is 0 Å². The van der Waals surface area contributed by atoms with E-state index in [1.165, 1.54) is 0 Å². The van der Waals surface area contributed by atoms with Gasteiger partial charge in [0.1, 0.15) is 0 Å². The minimum Gasteiger partial charge on any atom is -0.493 e. The van der Waals surface area contributed by atoms with E-state index < -0.39 is 5.63 Å². The molecule has 0 N–H and O–H groups in total. The van der Waals surface area contributed by atoms with Crippen molar-refractivity contribution in [2.75, 3.05) is 7.11 Å². The quantitative estimate of drug-likeness (QED) is 0.541. The highest BCUT2D eigenvalue weighted by Crippen LogP contribution is 2.28. The summed E-state index contributed by atoms with van der Waals surface area (Å²) >= 11 is 0. The van der Waals surface area contributed by atoms with Crippen molar-refractivity contribution in [1.29, 1.82) is 0 Å². The van der Waals surface area contributed by atoms with Crippen molar-refractivity contribution in [3.05, 3.63) is 77.3 Å². The minimum atomic E-state index is -0.426. The number of ether oxygens (including phenoxy) is 1. The standard InChI is InChI=1S/C19H14N2O3/c1-23-17-9-5-6-13-12-15(19(22)24-18(13)17)16-10-11-20-21(16)14-7-3-2-4-8-14/h2-12H,1H3. The first kappa shape index (κ1) is 14.3. The van der Waals surface area contributed by atoms with E-state index in [9.17, 15) is 4.79 Å². The summed E-state index contributed by atoms with van der Waals surface area (Å²) in [5, 5.41) is 5.13. The second kappa shape index (κ2) is 5.70. The first-order chi connectivity index (χ1) is 11.8.